The molecule has 0 fully saturated rings. The fraction of sp³-hybridized carbons (Fsp3) is 0. The lowest BCUT2D eigenvalue weighted by atomic mass is 10.0. The van der Waals surface area contributed by atoms with Gasteiger partial charge in [-0.1, -0.05) is 103 Å². The smallest absolute Gasteiger partial charge is 0.143 e. The zero-order chi connectivity index (χ0) is 29.2. The standard InChI is InChI=1S/C40H24ClNO2/c41-28-22-35(39-34-20-16-27-10-4-5-11-31(27)40(34)44-38(39)23-28)42(29-17-14-26(15-18-29)25-8-2-1-3-9-25)30-19-21-33-32-12-6-7-13-36(32)43-37(33)24-30/h1-24H. The number of furan rings is 2. The first kappa shape index (κ1) is 25.0. The molecule has 0 radical (unpaired) electrons. The number of halogens is 1. The third-order valence-electron chi connectivity index (χ3n) is 8.50. The Labute approximate surface area is 258 Å². The molecule has 0 unspecified atom stereocenters. The van der Waals surface area contributed by atoms with Crippen molar-refractivity contribution < 1.29 is 8.83 Å². The third-order valence-corrected chi connectivity index (χ3v) is 8.72. The molecule has 9 rings (SSSR count). The van der Waals surface area contributed by atoms with Crippen molar-refractivity contribution in [2.24, 2.45) is 0 Å². The summed E-state index contributed by atoms with van der Waals surface area (Å²) in [7, 11) is 0. The van der Waals surface area contributed by atoms with E-state index in [1.807, 2.05) is 48.5 Å². The van der Waals surface area contributed by atoms with Gasteiger partial charge in [0, 0.05) is 50.1 Å². The van der Waals surface area contributed by atoms with Gasteiger partial charge in [0.25, 0.3) is 0 Å². The summed E-state index contributed by atoms with van der Waals surface area (Å²) in [5, 5.41) is 7.05. The van der Waals surface area contributed by atoms with Gasteiger partial charge in [0.1, 0.15) is 22.3 Å². The van der Waals surface area contributed by atoms with E-state index in [0.29, 0.717) is 5.02 Å². The van der Waals surface area contributed by atoms with Gasteiger partial charge < -0.3 is 13.7 Å². The van der Waals surface area contributed by atoms with Crippen LogP contribution in [0.25, 0.3) is 65.8 Å². The van der Waals surface area contributed by atoms with E-state index in [1.165, 1.54) is 5.56 Å². The Kier molecular flexibility index (Phi) is 5.56. The van der Waals surface area contributed by atoms with Gasteiger partial charge in [-0.05, 0) is 59.0 Å². The summed E-state index contributed by atoms with van der Waals surface area (Å²) < 4.78 is 12.9. The van der Waals surface area contributed by atoms with Gasteiger partial charge in [-0.25, -0.2) is 0 Å². The molecule has 0 saturated carbocycles. The highest BCUT2D eigenvalue weighted by atomic mass is 35.5. The normalized spacial score (nSPS) is 11.8. The Balaban J connectivity index is 1.32. The Morgan fingerprint density at radius 3 is 2.00 bits per heavy atom. The Morgan fingerprint density at radius 2 is 1.14 bits per heavy atom. The maximum Gasteiger partial charge on any atom is 0.143 e. The zero-order valence-electron chi connectivity index (χ0n) is 23.5. The summed E-state index contributed by atoms with van der Waals surface area (Å²) in [5.74, 6) is 0. The minimum absolute atomic E-state index is 0.603. The summed E-state index contributed by atoms with van der Waals surface area (Å²) >= 11 is 6.84. The average Bonchev–Trinajstić information content (AvgIpc) is 3.63. The SMILES string of the molecule is Clc1cc(N(c2ccc(-c3ccccc3)cc2)c2ccc3c(c2)oc2ccccc23)c2c(c1)oc1c3ccccc3ccc12. The molecule has 0 amide bonds. The molecule has 0 saturated heterocycles. The minimum Gasteiger partial charge on any atom is -0.456 e. The van der Waals surface area contributed by atoms with Crippen molar-refractivity contribution in [1.82, 2.24) is 0 Å². The Morgan fingerprint density at radius 1 is 0.455 bits per heavy atom. The lowest BCUT2D eigenvalue weighted by molar-refractivity contribution is 0.669. The van der Waals surface area contributed by atoms with Crippen LogP contribution in [0.15, 0.2) is 154 Å². The molecule has 3 nitrogen and oxygen atoms in total. The predicted molar refractivity (Wildman–Crippen MR) is 184 cm³/mol. The highest BCUT2D eigenvalue weighted by Gasteiger charge is 2.22. The lowest BCUT2D eigenvalue weighted by Gasteiger charge is -2.26. The number of benzene rings is 7. The average molecular weight is 586 g/mol. The fourth-order valence-corrected chi connectivity index (χ4v) is 6.67. The third kappa shape index (κ3) is 3.90. The maximum absolute atomic E-state index is 6.84. The van der Waals surface area contributed by atoms with Crippen LogP contribution in [0.1, 0.15) is 0 Å². The van der Waals surface area contributed by atoms with E-state index in [0.717, 1.165) is 77.3 Å². The maximum atomic E-state index is 6.84. The second-order valence-electron chi connectivity index (χ2n) is 11.1. The number of rotatable bonds is 4. The van der Waals surface area contributed by atoms with E-state index in [-0.39, 0.29) is 0 Å². The molecular weight excluding hydrogens is 562 g/mol. The number of hydrogen-bond acceptors (Lipinski definition) is 3. The van der Waals surface area contributed by atoms with Crippen molar-refractivity contribution >= 4 is 83.3 Å². The van der Waals surface area contributed by atoms with Crippen LogP contribution in [-0.2, 0) is 0 Å². The van der Waals surface area contributed by atoms with Crippen LogP contribution in [-0.4, -0.2) is 0 Å². The fourth-order valence-electron chi connectivity index (χ4n) is 6.47. The van der Waals surface area contributed by atoms with Crippen molar-refractivity contribution in [3.05, 3.63) is 151 Å². The second-order valence-corrected chi connectivity index (χ2v) is 11.5. The van der Waals surface area contributed by atoms with E-state index < -0.39 is 0 Å². The summed E-state index contributed by atoms with van der Waals surface area (Å²) in [6, 6.07) is 50.2. The Hall–Kier alpha value is -5.51. The van der Waals surface area contributed by atoms with E-state index in [4.69, 9.17) is 20.4 Å². The molecular formula is C40H24ClNO2. The molecule has 2 heterocycles. The van der Waals surface area contributed by atoms with Crippen molar-refractivity contribution in [3.8, 4) is 11.1 Å². The van der Waals surface area contributed by atoms with Crippen molar-refractivity contribution in [3.63, 3.8) is 0 Å². The first-order chi connectivity index (χ1) is 21.7. The number of anilines is 3. The molecule has 44 heavy (non-hydrogen) atoms. The minimum atomic E-state index is 0.603. The van der Waals surface area contributed by atoms with E-state index in [9.17, 15) is 0 Å². The molecule has 0 atom stereocenters. The van der Waals surface area contributed by atoms with Gasteiger partial charge in [-0.3, -0.25) is 0 Å². The van der Waals surface area contributed by atoms with Gasteiger partial charge in [-0.15, -0.1) is 0 Å². The monoisotopic (exact) mass is 585 g/mol. The van der Waals surface area contributed by atoms with Crippen LogP contribution in [0.2, 0.25) is 5.02 Å². The quantitative estimate of drug-likeness (QED) is 0.206. The van der Waals surface area contributed by atoms with Crippen molar-refractivity contribution in [2.75, 3.05) is 4.90 Å². The summed E-state index contributed by atoms with van der Waals surface area (Å²) in [5.41, 5.74) is 8.52. The summed E-state index contributed by atoms with van der Waals surface area (Å²) in [6.45, 7) is 0. The molecule has 0 bridgehead atoms. The van der Waals surface area contributed by atoms with Crippen LogP contribution in [0.4, 0.5) is 17.1 Å². The largest absolute Gasteiger partial charge is 0.456 e. The van der Waals surface area contributed by atoms with Crippen LogP contribution >= 0.6 is 11.6 Å². The Bertz CT molecular complexity index is 2510. The lowest BCUT2D eigenvalue weighted by Crippen LogP contribution is -2.10. The predicted octanol–water partition coefficient (Wildman–Crippen LogP) is 12.4. The molecule has 0 aliphatic carbocycles. The number of fused-ring (bicyclic) bond motifs is 8. The van der Waals surface area contributed by atoms with Gasteiger partial charge >= 0.3 is 0 Å². The molecule has 208 valence electrons. The summed E-state index contributed by atoms with van der Waals surface area (Å²) in [6.07, 6.45) is 0. The van der Waals surface area contributed by atoms with Crippen LogP contribution < -0.4 is 4.90 Å². The van der Waals surface area contributed by atoms with Crippen molar-refractivity contribution in [1.29, 1.82) is 0 Å². The second kappa shape index (κ2) is 9.77. The first-order valence-corrected chi connectivity index (χ1v) is 15.0. The number of para-hydroxylation sites is 1. The highest BCUT2D eigenvalue weighted by molar-refractivity contribution is 6.33. The number of hydrogen-bond donors (Lipinski definition) is 0. The number of nitrogens with zero attached hydrogens (tertiary/aromatic N) is 1. The first-order valence-electron chi connectivity index (χ1n) is 14.6. The molecule has 0 aliphatic heterocycles. The topological polar surface area (TPSA) is 29.5 Å². The van der Waals surface area contributed by atoms with Crippen LogP contribution in [0, 0.1) is 0 Å². The van der Waals surface area contributed by atoms with Gasteiger partial charge in [0.2, 0.25) is 0 Å². The molecule has 9 aromatic rings. The van der Waals surface area contributed by atoms with E-state index >= 15 is 0 Å². The van der Waals surface area contributed by atoms with E-state index in [1.54, 1.807) is 0 Å². The summed E-state index contributed by atoms with van der Waals surface area (Å²) in [4.78, 5) is 2.25. The molecule has 0 N–H and O–H groups in total. The van der Waals surface area contributed by atoms with Crippen LogP contribution in [0.5, 0.6) is 0 Å². The molecule has 2 aromatic heterocycles. The van der Waals surface area contributed by atoms with Crippen LogP contribution in [0.3, 0.4) is 0 Å². The molecule has 0 spiro atoms. The molecule has 0 aliphatic rings. The van der Waals surface area contributed by atoms with Gasteiger partial charge in [0.15, 0.2) is 0 Å². The van der Waals surface area contributed by atoms with Gasteiger partial charge in [0.05, 0.1) is 11.1 Å². The van der Waals surface area contributed by atoms with Crippen molar-refractivity contribution in [2.45, 2.75) is 0 Å². The highest BCUT2D eigenvalue weighted by Crippen LogP contribution is 2.46. The zero-order valence-corrected chi connectivity index (χ0v) is 24.3. The molecule has 7 aromatic carbocycles. The van der Waals surface area contributed by atoms with Gasteiger partial charge in [-0.2, -0.15) is 0 Å². The molecule has 4 heteroatoms. The van der Waals surface area contributed by atoms with E-state index in [2.05, 4.69) is 102 Å².